The van der Waals surface area contributed by atoms with Gasteiger partial charge in [-0.2, -0.15) is 4.98 Å². The lowest BCUT2D eigenvalue weighted by atomic mass is 9.82. The highest BCUT2D eigenvalue weighted by Gasteiger charge is 2.26. The van der Waals surface area contributed by atoms with Gasteiger partial charge in [-0.05, 0) is 55.7 Å². The average molecular weight is 524 g/mol. The van der Waals surface area contributed by atoms with Crippen molar-refractivity contribution >= 4 is 44.3 Å². The zero-order chi connectivity index (χ0) is 25.2. The summed E-state index contributed by atoms with van der Waals surface area (Å²) < 4.78 is 54.8. The van der Waals surface area contributed by atoms with Crippen molar-refractivity contribution < 1.29 is 17.2 Å². The third kappa shape index (κ3) is 5.99. The number of hydrogen-bond acceptors (Lipinski definition) is 6. The molecule has 0 radical (unpaired) electrons. The normalized spacial score (nSPS) is 18.5. The molecule has 1 aliphatic carbocycles. The summed E-state index contributed by atoms with van der Waals surface area (Å²) in [6.45, 7) is 0.917. The van der Waals surface area contributed by atoms with E-state index in [1.165, 1.54) is 0 Å². The number of anilines is 2. The number of sulfonamides is 1. The molecule has 0 amide bonds. The number of para-hydroxylation sites is 1. The second kappa shape index (κ2) is 10.6. The fraction of sp³-hybridized carbons (Fsp3) is 0.417. The highest BCUT2D eigenvalue weighted by atomic mass is 35.5. The Hall–Kier alpha value is -2.56. The van der Waals surface area contributed by atoms with Gasteiger partial charge < -0.3 is 10.2 Å². The van der Waals surface area contributed by atoms with Crippen LogP contribution in [0.15, 0.2) is 41.3 Å². The van der Waals surface area contributed by atoms with Gasteiger partial charge in [-0.25, -0.2) is 26.9 Å². The molecule has 1 aliphatic rings. The van der Waals surface area contributed by atoms with E-state index in [4.69, 9.17) is 11.6 Å². The molecule has 2 aromatic carbocycles. The van der Waals surface area contributed by atoms with Gasteiger partial charge >= 0.3 is 0 Å². The Kier molecular flexibility index (Phi) is 7.73. The maximum atomic E-state index is 14.0. The quantitative estimate of drug-likeness (QED) is 0.411. The number of halogens is 3. The maximum absolute atomic E-state index is 14.0. The third-order valence-corrected chi connectivity index (χ3v) is 8.08. The molecule has 0 unspecified atom stereocenters. The molecule has 0 atom stereocenters. The molecule has 3 aromatic rings. The number of nitrogens with one attached hydrogen (secondary N) is 2. The van der Waals surface area contributed by atoms with E-state index < -0.39 is 31.6 Å². The van der Waals surface area contributed by atoms with Crippen LogP contribution >= 0.6 is 11.6 Å². The van der Waals surface area contributed by atoms with E-state index in [1.54, 1.807) is 0 Å². The monoisotopic (exact) mass is 523 g/mol. The SMILES string of the molecule is CN(C)c1nc(NCC2CCC(CNS(=O)(=O)c3cc(Cl)c(F)cc3F)CC2)nc2ccccc12. The van der Waals surface area contributed by atoms with Crippen LogP contribution in [0, 0.1) is 23.5 Å². The van der Waals surface area contributed by atoms with Crippen LogP contribution in [0.5, 0.6) is 0 Å². The molecular weight excluding hydrogens is 496 g/mol. The Morgan fingerprint density at radius 2 is 1.66 bits per heavy atom. The second-order valence-corrected chi connectivity index (χ2v) is 11.2. The van der Waals surface area contributed by atoms with Gasteiger partial charge in [0.15, 0.2) is 0 Å². The molecule has 188 valence electrons. The van der Waals surface area contributed by atoms with Gasteiger partial charge in [0.1, 0.15) is 22.3 Å². The van der Waals surface area contributed by atoms with E-state index in [1.807, 2.05) is 43.3 Å². The van der Waals surface area contributed by atoms with Crippen molar-refractivity contribution in [3.63, 3.8) is 0 Å². The van der Waals surface area contributed by atoms with Gasteiger partial charge in [-0.15, -0.1) is 0 Å². The molecule has 1 aromatic heterocycles. The Labute approximate surface area is 209 Å². The number of rotatable bonds is 8. The van der Waals surface area contributed by atoms with Crippen LogP contribution in [0.1, 0.15) is 25.7 Å². The van der Waals surface area contributed by atoms with Crippen LogP contribution in [0.25, 0.3) is 10.9 Å². The summed E-state index contributed by atoms with van der Waals surface area (Å²) in [4.78, 5) is 10.6. The van der Waals surface area contributed by atoms with E-state index in [-0.39, 0.29) is 12.5 Å². The second-order valence-electron chi connectivity index (χ2n) is 9.10. The first-order valence-corrected chi connectivity index (χ1v) is 13.3. The topological polar surface area (TPSA) is 87.2 Å². The number of nitrogens with zero attached hydrogens (tertiary/aromatic N) is 3. The van der Waals surface area contributed by atoms with Gasteiger partial charge in [-0.3, -0.25) is 0 Å². The minimum Gasteiger partial charge on any atom is -0.362 e. The zero-order valence-corrected chi connectivity index (χ0v) is 21.1. The van der Waals surface area contributed by atoms with Crippen molar-refractivity contribution in [3.05, 3.63) is 53.1 Å². The molecule has 2 N–H and O–H groups in total. The lowest BCUT2D eigenvalue weighted by molar-refractivity contribution is 0.284. The number of fused-ring (bicyclic) bond motifs is 1. The molecule has 35 heavy (non-hydrogen) atoms. The Morgan fingerprint density at radius 1 is 1.00 bits per heavy atom. The highest BCUT2D eigenvalue weighted by Crippen LogP contribution is 2.30. The summed E-state index contributed by atoms with van der Waals surface area (Å²) in [6, 6.07) is 9.17. The molecule has 1 heterocycles. The van der Waals surface area contributed by atoms with E-state index in [0.717, 1.165) is 55.0 Å². The lowest BCUT2D eigenvalue weighted by Crippen LogP contribution is -2.32. The summed E-state index contributed by atoms with van der Waals surface area (Å²) in [5.41, 5.74) is 0.878. The van der Waals surface area contributed by atoms with Gasteiger partial charge in [0.2, 0.25) is 16.0 Å². The highest BCUT2D eigenvalue weighted by molar-refractivity contribution is 7.89. The minimum atomic E-state index is -4.13. The standard InChI is InChI=1S/C24H28ClF2N5O2S/c1-32(2)23-17-5-3-4-6-21(17)30-24(31-23)28-13-15-7-9-16(10-8-15)14-29-35(33,34)22-11-18(25)19(26)12-20(22)27/h3-6,11-12,15-16,29H,7-10,13-14H2,1-2H3,(H,28,30,31). The molecule has 0 bridgehead atoms. The Balaban J connectivity index is 1.30. The van der Waals surface area contributed by atoms with E-state index in [2.05, 4.69) is 20.0 Å². The van der Waals surface area contributed by atoms with Crippen LogP contribution < -0.4 is 14.9 Å². The Morgan fingerprint density at radius 3 is 2.34 bits per heavy atom. The zero-order valence-electron chi connectivity index (χ0n) is 19.6. The summed E-state index contributed by atoms with van der Waals surface area (Å²) in [6.07, 6.45) is 3.51. The van der Waals surface area contributed by atoms with Crippen molar-refractivity contribution in [2.45, 2.75) is 30.6 Å². The molecule has 4 rings (SSSR count). The molecule has 11 heteroatoms. The number of benzene rings is 2. The molecule has 7 nitrogen and oxygen atoms in total. The summed E-state index contributed by atoms with van der Waals surface area (Å²) in [5.74, 6) is -0.175. The molecule has 0 aliphatic heterocycles. The first kappa shape index (κ1) is 25.5. The lowest BCUT2D eigenvalue weighted by Gasteiger charge is -2.28. The smallest absolute Gasteiger partial charge is 0.243 e. The fourth-order valence-corrected chi connectivity index (χ4v) is 5.80. The first-order valence-electron chi connectivity index (χ1n) is 11.5. The van der Waals surface area contributed by atoms with Crippen molar-refractivity contribution in [2.75, 3.05) is 37.4 Å². The third-order valence-electron chi connectivity index (χ3n) is 6.35. The molecular formula is C24H28ClF2N5O2S. The van der Waals surface area contributed by atoms with Crippen molar-refractivity contribution in [3.8, 4) is 0 Å². The van der Waals surface area contributed by atoms with Crippen LogP contribution in [0.4, 0.5) is 20.5 Å². The first-order chi connectivity index (χ1) is 16.6. The van der Waals surface area contributed by atoms with Crippen LogP contribution in [0.2, 0.25) is 5.02 Å². The van der Waals surface area contributed by atoms with Gasteiger partial charge in [0.05, 0.1) is 10.5 Å². The number of hydrogen-bond donors (Lipinski definition) is 2. The summed E-state index contributed by atoms with van der Waals surface area (Å²) in [5, 5.41) is 3.92. The predicted octanol–water partition coefficient (Wildman–Crippen LogP) is 4.82. The predicted molar refractivity (Wildman–Crippen MR) is 134 cm³/mol. The van der Waals surface area contributed by atoms with Crippen LogP contribution in [-0.4, -0.2) is 45.6 Å². The molecule has 1 saturated carbocycles. The van der Waals surface area contributed by atoms with Gasteiger partial charge in [0.25, 0.3) is 0 Å². The van der Waals surface area contributed by atoms with Gasteiger partial charge in [-0.1, -0.05) is 23.7 Å². The minimum absolute atomic E-state index is 0.136. The van der Waals surface area contributed by atoms with E-state index in [9.17, 15) is 17.2 Å². The van der Waals surface area contributed by atoms with Crippen molar-refractivity contribution in [2.24, 2.45) is 11.8 Å². The number of aromatic nitrogens is 2. The fourth-order valence-electron chi connectivity index (χ4n) is 4.37. The van der Waals surface area contributed by atoms with Crippen molar-refractivity contribution in [1.29, 1.82) is 0 Å². The largest absolute Gasteiger partial charge is 0.362 e. The van der Waals surface area contributed by atoms with Crippen molar-refractivity contribution in [1.82, 2.24) is 14.7 Å². The molecule has 1 fully saturated rings. The van der Waals surface area contributed by atoms with E-state index >= 15 is 0 Å². The summed E-state index contributed by atoms with van der Waals surface area (Å²) in [7, 11) is -0.224. The molecule has 0 saturated heterocycles. The average Bonchev–Trinajstić information content (AvgIpc) is 2.83. The van der Waals surface area contributed by atoms with Gasteiger partial charge in [0, 0.05) is 38.6 Å². The van der Waals surface area contributed by atoms with Crippen LogP contribution in [-0.2, 0) is 10.0 Å². The summed E-state index contributed by atoms with van der Waals surface area (Å²) >= 11 is 5.63. The maximum Gasteiger partial charge on any atom is 0.243 e. The van der Waals surface area contributed by atoms with E-state index in [0.29, 0.717) is 17.9 Å². The molecule has 0 spiro atoms. The van der Waals surface area contributed by atoms with Crippen LogP contribution in [0.3, 0.4) is 0 Å². The Bertz CT molecular complexity index is 1310.